The van der Waals surface area contributed by atoms with Crippen LogP contribution in [0.4, 0.5) is 10.2 Å². The summed E-state index contributed by atoms with van der Waals surface area (Å²) in [4.78, 5) is 15.0. The number of H-pyrrole nitrogens is 1. The van der Waals surface area contributed by atoms with Crippen molar-refractivity contribution in [2.45, 2.75) is 13.8 Å². The molecule has 0 radical (unpaired) electrons. The van der Waals surface area contributed by atoms with Gasteiger partial charge in [-0.25, -0.2) is 4.39 Å². The van der Waals surface area contributed by atoms with E-state index in [1.165, 1.54) is 17.0 Å². The van der Waals surface area contributed by atoms with Gasteiger partial charge in [0.2, 0.25) is 0 Å². The molecule has 4 rings (SSSR count). The van der Waals surface area contributed by atoms with Crippen LogP contribution in [-0.4, -0.2) is 21.3 Å². The van der Waals surface area contributed by atoms with Crippen molar-refractivity contribution in [3.05, 3.63) is 64.5 Å². The van der Waals surface area contributed by atoms with Crippen molar-refractivity contribution in [1.29, 1.82) is 0 Å². The summed E-state index contributed by atoms with van der Waals surface area (Å²) >= 11 is 1.63. The first kappa shape index (κ1) is 17.2. The minimum Gasteiger partial charge on any atom is -0.360 e. The summed E-state index contributed by atoms with van der Waals surface area (Å²) in [5.41, 5.74) is 2.06. The summed E-state index contributed by atoms with van der Waals surface area (Å²) in [5.74, 6) is 0.00879. The number of thiophene rings is 1. The summed E-state index contributed by atoms with van der Waals surface area (Å²) in [6.45, 7) is 3.68. The molecule has 0 aliphatic heterocycles. The lowest BCUT2D eigenvalue weighted by Crippen LogP contribution is -2.13. The number of amides is 1. The van der Waals surface area contributed by atoms with Crippen LogP contribution in [-0.2, 0) is 0 Å². The molecule has 4 aromatic rings. The number of anilines is 1. The third kappa shape index (κ3) is 3.39. The second-order valence-electron chi connectivity index (χ2n) is 6.00. The Bertz CT molecular complexity index is 1110. The van der Waals surface area contributed by atoms with Gasteiger partial charge in [-0.3, -0.25) is 9.89 Å². The number of rotatable bonds is 4. The van der Waals surface area contributed by atoms with Crippen LogP contribution in [0.25, 0.3) is 21.8 Å². The highest BCUT2D eigenvalue weighted by molar-refractivity contribution is 7.15. The molecule has 0 fully saturated rings. The van der Waals surface area contributed by atoms with E-state index in [9.17, 15) is 9.18 Å². The third-order valence-corrected chi connectivity index (χ3v) is 5.07. The standard InChI is InChI=1S/C19H15FN4O2S/c1-10-3-8-15(27-10)14-9-16(23-22-14)21-19(25)17-11(2)26-24-18(17)12-4-6-13(20)7-5-12/h3-9H,1-2H3,(H2,21,22,23,25). The topological polar surface area (TPSA) is 83.8 Å². The largest absolute Gasteiger partial charge is 0.360 e. The molecule has 6 nitrogen and oxygen atoms in total. The van der Waals surface area contributed by atoms with Crippen LogP contribution >= 0.6 is 11.3 Å². The van der Waals surface area contributed by atoms with Crippen LogP contribution in [0.3, 0.4) is 0 Å². The number of benzene rings is 1. The van der Waals surface area contributed by atoms with E-state index in [-0.39, 0.29) is 11.4 Å². The summed E-state index contributed by atoms with van der Waals surface area (Å²) in [5, 5.41) is 13.8. The molecule has 0 atom stereocenters. The lowest BCUT2D eigenvalue weighted by atomic mass is 10.1. The zero-order valence-corrected chi connectivity index (χ0v) is 15.4. The molecule has 0 saturated carbocycles. The zero-order valence-electron chi connectivity index (χ0n) is 14.5. The van der Waals surface area contributed by atoms with Crippen LogP contribution in [0.2, 0.25) is 0 Å². The molecule has 0 aliphatic carbocycles. The Morgan fingerprint density at radius 1 is 1.19 bits per heavy atom. The van der Waals surface area contributed by atoms with Crippen molar-refractivity contribution in [3.8, 4) is 21.8 Å². The molecule has 2 N–H and O–H groups in total. The number of aryl methyl sites for hydroxylation is 2. The molecular weight excluding hydrogens is 367 g/mol. The number of nitrogens with zero attached hydrogens (tertiary/aromatic N) is 2. The number of aromatic nitrogens is 3. The maximum atomic E-state index is 13.2. The maximum absolute atomic E-state index is 13.2. The van der Waals surface area contributed by atoms with Gasteiger partial charge in [0.15, 0.2) is 5.82 Å². The Hall–Kier alpha value is -3.26. The number of hydrogen-bond donors (Lipinski definition) is 2. The molecule has 0 saturated heterocycles. The Balaban J connectivity index is 1.60. The van der Waals surface area contributed by atoms with E-state index in [1.54, 1.807) is 36.5 Å². The van der Waals surface area contributed by atoms with E-state index in [2.05, 4.69) is 20.7 Å². The Labute approximate surface area is 158 Å². The molecule has 0 bridgehead atoms. The second-order valence-corrected chi connectivity index (χ2v) is 7.29. The number of aromatic amines is 1. The van der Waals surface area contributed by atoms with Crippen molar-refractivity contribution < 1.29 is 13.7 Å². The van der Waals surface area contributed by atoms with Gasteiger partial charge in [0.05, 0.1) is 10.6 Å². The third-order valence-electron chi connectivity index (χ3n) is 4.03. The van der Waals surface area contributed by atoms with Gasteiger partial charge in [-0.2, -0.15) is 5.10 Å². The predicted octanol–water partition coefficient (Wildman–Crippen LogP) is 4.80. The van der Waals surface area contributed by atoms with Gasteiger partial charge >= 0.3 is 0 Å². The van der Waals surface area contributed by atoms with E-state index >= 15 is 0 Å². The number of nitrogens with one attached hydrogen (secondary N) is 2. The molecule has 3 aromatic heterocycles. The average molecular weight is 382 g/mol. The molecule has 0 aliphatic rings. The number of carbonyl (C=O) groups excluding carboxylic acids is 1. The zero-order chi connectivity index (χ0) is 19.0. The van der Waals surface area contributed by atoms with Crippen molar-refractivity contribution in [3.63, 3.8) is 0 Å². The number of hydrogen-bond acceptors (Lipinski definition) is 5. The summed E-state index contributed by atoms with van der Waals surface area (Å²) in [6, 6.07) is 11.5. The highest BCUT2D eigenvalue weighted by Gasteiger charge is 2.22. The van der Waals surface area contributed by atoms with Gasteiger partial charge in [0.1, 0.15) is 22.8 Å². The molecule has 8 heteroatoms. The summed E-state index contributed by atoms with van der Waals surface area (Å²) in [7, 11) is 0. The first-order valence-electron chi connectivity index (χ1n) is 8.17. The molecule has 0 unspecified atom stereocenters. The fourth-order valence-electron chi connectivity index (χ4n) is 2.71. The normalized spacial score (nSPS) is 10.9. The average Bonchev–Trinajstić information content (AvgIpc) is 3.36. The van der Waals surface area contributed by atoms with E-state index in [1.807, 2.05) is 19.1 Å². The monoisotopic (exact) mass is 382 g/mol. The Morgan fingerprint density at radius 2 is 1.96 bits per heavy atom. The number of halogens is 1. The molecular formula is C19H15FN4O2S. The molecule has 1 aromatic carbocycles. The van der Waals surface area contributed by atoms with E-state index in [0.717, 1.165) is 10.6 Å². The van der Waals surface area contributed by atoms with Gasteiger partial charge in [0.25, 0.3) is 5.91 Å². The SMILES string of the molecule is Cc1ccc(-c2cc(NC(=O)c3c(-c4ccc(F)cc4)noc3C)n[nH]2)s1. The number of carbonyl (C=O) groups is 1. The molecule has 3 heterocycles. The lowest BCUT2D eigenvalue weighted by Gasteiger charge is -2.03. The van der Waals surface area contributed by atoms with Crippen molar-refractivity contribution in [2.75, 3.05) is 5.32 Å². The summed E-state index contributed by atoms with van der Waals surface area (Å²) in [6.07, 6.45) is 0. The fourth-order valence-corrected chi connectivity index (χ4v) is 3.55. The Morgan fingerprint density at radius 3 is 2.67 bits per heavy atom. The van der Waals surface area contributed by atoms with Gasteiger partial charge in [-0.05, 0) is 50.2 Å². The van der Waals surface area contributed by atoms with Crippen molar-refractivity contribution in [1.82, 2.24) is 15.4 Å². The van der Waals surface area contributed by atoms with Gasteiger partial charge < -0.3 is 9.84 Å². The second kappa shape index (κ2) is 6.81. The summed E-state index contributed by atoms with van der Waals surface area (Å²) < 4.78 is 18.3. The quantitative estimate of drug-likeness (QED) is 0.531. The van der Waals surface area contributed by atoms with Gasteiger partial charge in [-0.1, -0.05) is 5.16 Å². The van der Waals surface area contributed by atoms with Crippen LogP contribution in [0.15, 0.2) is 47.0 Å². The van der Waals surface area contributed by atoms with E-state index in [0.29, 0.717) is 22.8 Å². The maximum Gasteiger partial charge on any atom is 0.262 e. The first-order chi connectivity index (χ1) is 13.0. The predicted molar refractivity (Wildman–Crippen MR) is 101 cm³/mol. The van der Waals surface area contributed by atoms with Crippen LogP contribution < -0.4 is 5.32 Å². The molecule has 136 valence electrons. The van der Waals surface area contributed by atoms with Crippen LogP contribution in [0, 0.1) is 19.7 Å². The van der Waals surface area contributed by atoms with E-state index in [4.69, 9.17) is 4.52 Å². The van der Waals surface area contributed by atoms with Gasteiger partial charge in [0, 0.05) is 16.5 Å². The minimum absolute atomic E-state index is 0.290. The van der Waals surface area contributed by atoms with Crippen LogP contribution in [0.5, 0.6) is 0 Å². The minimum atomic E-state index is -0.395. The molecule has 1 amide bonds. The van der Waals surface area contributed by atoms with Crippen LogP contribution in [0.1, 0.15) is 21.0 Å². The smallest absolute Gasteiger partial charge is 0.262 e. The van der Waals surface area contributed by atoms with Crippen molar-refractivity contribution >= 4 is 23.1 Å². The Kier molecular flexibility index (Phi) is 4.33. The molecule has 0 spiro atoms. The molecule has 27 heavy (non-hydrogen) atoms. The van der Waals surface area contributed by atoms with Crippen molar-refractivity contribution in [2.24, 2.45) is 0 Å². The first-order valence-corrected chi connectivity index (χ1v) is 8.98. The fraction of sp³-hybridized carbons (Fsp3) is 0.105. The lowest BCUT2D eigenvalue weighted by molar-refractivity contribution is 0.102. The van der Waals surface area contributed by atoms with E-state index < -0.39 is 5.91 Å². The van der Waals surface area contributed by atoms with Gasteiger partial charge in [-0.15, -0.1) is 11.3 Å². The highest BCUT2D eigenvalue weighted by atomic mass is 32.1. The highest BCUT2D eigenvalue weighted by Crippen LogP contribution is 2.29.